The first-order valence-corrected chi connectivity index (χ1v) is 6.77. The lowest BCUT2D eigenvalue weighted by Gasteiger charge is -2.27. The fourth-order valence-corrected chi connectivity index (χ4v) is 2.22. The fourth-order valence-electron chi connectivity index (χ4n) is 2.22. The monoisotopic (exact) mass is 292 g/mol. The molecule has 0 radical (unpaired) electrons. The molecule has 1 amide bonds. The van der Waals surface area contributed by atoms with Gasteiger partial charge in [-0.25, -0.2) is 0 Å². The van der Waals surface area contributed by atoms with Crippen LogP contribution in [0.2, 0.25) is 0 Å². The zero-order valence-corrected chi connectivity index (χ0v) is 12.8. The lowest BCUT2D eigenvalue weighted by atomic mass is 9.94. The zero-order valence-electron chi connectivity index (χ0n) is 12.8. The Morgan fingerprint density at radius 3 is 2.43 bits per heavy atom. The maximum atomic E-state index is 12.1. The van der Waals surface area contributed by atoms with E-state index in [1.54, 1.807) is 13.8 Å². The largest absolute Gasteiger partial charge is 0.338 e. The third kappa shape index (κ3) is 3.40. The second-order valence-corrected chi connectivity index (χ2v) is 4.92. The van der Waals surface area contributed by atoms with E-state index in [2.05, 4.69) is 16.3 Å². The Morgan fingerprint density at radius 2 is 2.05 bits per heavy atom. The minimum atomic E-state index is -0.681. The third-order valence-corrected chi connectivity index (χ3v) is 3.68. The Balaban J connectivity index is 2.93. The predicted molar refractivity (Wildman–Crippen MR) is 78.6 cm³/mol. The van der Waals surface area contributed by atoms with Crippen LogP contribution in [0.3, 0.4) is 0 Å². The molecule has 1 N–H and O–H groups in total. The van der Waals surface area contributed by atoms with Crippen molar-refractivity contribution in [2.24, 2.45) is 0 Å². The van der Waals surface area contributed by atoms with E-state index in [1.165, 1.54) is 4.68 Å². The molecule has 7 heteroatoms. The van der Waals surface area contributed by atoms with Crippen molar-refractivity contribution < 1.29 is 9.72 Å². The average molecular weight is 292 g/mol. The van der Waals surface area contributed by atoms with Crippen LogP contribution in [0.1, 0.15) is 38.1 Å². The number of carbonyl (C=O) groups excluding carboxylic acids is 1. The van der Waals surface area contributed by atoms with Gasteiger partial charge in [0, 0.05) is 0 Å². The number of amides is 1. The van der Waals surface area contributed by atoms with E-state index in [9.17, 15) is 14.9 Å². The first-order valence-electron chi connectivity index (χ1n) is 6.77. The molecule has 0 aliphatic heterocycles. The zero-order chi connectivity index (χ0) is 16.2. The van der Waals surface area contributed by atoms with Crippen molar-refractivity contribution in [3.63, 3.8) is 0 Å². The molecule has 0 aromatic carbocycles. The maximum Gasteiger partial charge on any atom is 0.312 e. The van der Waals surface area contributed by atoms with Crippen molar-refractivity contribution in [1.82, 2.24) is 15.1 Å². The molecule has 1 heterocycles. The highest BCUT2D eigenvalue weighted by atomic mass is 16.6. The van der Waals surface area contributed by atoms with Gasteiger partial charge in [0.1, 0.15) is 23.5 Å². The SMILES string of the molecule is C#CC(CC)(CC)NC(=O)Cn1nc(C)c([N+](=O)[O-])c1C. The molecule has 1 rings (SSSR count). The van der Waals surface area contributed by atoms with Crippen LogP contribution in [-0.2, 0) is 11.3 Å². The molecule has 0 spiro atoms. The maximum absolute atomic E-state index is 12.1. The topological polar surface area (TPSA) is 90.1 Å². The molecular weight excluding hydrogens is 272 g/mol. The van der Waals surface area contributed by atoms with Crippen LogP contribution in [0.5, 0.6) is 0 Å². The van der Waals surface area contributed by atoms with Gasteiger partial charge in [0.25, 0.3) is 0 Å². The van der Waals surface area contributed by atoms with E-state index in [0.29, 0.717) is 24.2 Å². The van der Waals surface area contributed by atoms with E-state index in [0.717, 1.165) is 0 Å². The first-order chi connectivity index (χ1) is 9.80. The quantitative estimate of drug-likeness (QED) is 0.491. The minimum absolute atomic E-state index is 0.0583. The number of nitrogens with zero attached hydrogens (tertiary/aromatic N) is 3. The Kier molecular flexibility index (Phi) is 5.08. The smallest absolute Gasteiger partial charge is 0.312 e. The lowest BCUT2D eigenvalue weighted by molar-refractivity contribution is -0.386. The first kappa shape index (κ1) is 16.7. The van der Waals surface area contributed by atoms with Crippen LogP contribution in [0.4, 0.5) is 5.69 Å². The van der Waals surface area contributed by atoms with Gasteiger partial charge in [-0.05, 0) is 26.7 Å². The number of terminal acetylenes is 1. The number of hydrogen-bond donors (Lipinski definition) is 1. The number of hydrogen-bond acceptors (Lipinski definition) is 4. The van der Waals surface area contributed by atoms with E-state index >= 15 is 0 Å². The summed E-state index contributed by atoms with van der Waals surface area (Å²) in [5, 5.41) is 17.8. The van der Waals surface area contributed by atoms with E-state index in [-0.39, 0.29) is 18.1 Å². The number of nitrogens with one attached hydrogen (secondary N) is 1. The summed E-state index contributed by atoms with van der Waals surface area (Å²) in [6, 6.07) is 0. The number of carbonyl (C=O) groups is 1. The van der Waals surface area contributed by atoms with Gasteiger partial charge in [0.05, 0.1) is 4.92 Å². The van der Waals surface area contributed by atoms with Crippen LogP contribution < -0.4 is 5.32 Å². The van der Waals surface area contributed by atoms with Crippen LogP contribution in [-0.4, -0.2) is 26.1 Å². The molecule has 0 aliphatic carbocycles. The van der Waals surface area contributed by atoms with Gasteiger partial charge in [-0.2, -0.15) is 5.10 Å². The second kappa shape index (κ2) is 6.39. The molecule has 1 aromatic heterocycles. The average Bonchev–Trinajstić information content (AvgIpc) is 2.70. The summed E-state index contributed by atoms with van der Waals surface area (Å²) in [5.74, 6) is 2.30. The van der Waals surface area contributed by atoms with E-state index in [1.807, 2.05) is 13.8 Å². The van der Waals surface area contributed by atoms with Crippen molar-refractivity contribution in [2.45, 2.75) is 52.6 Å². The van der Waals surface area contributed by atoms with Gasteiger partial charge >= 0.3 is 5.69 Å². The van der Waals surface area contributed by atoms with Crippen LogP contribution in [0.25, 0.3) is 0 Å². The standard InChI is InChI=1S/C14H20N4O3/c1-6-14(7-2,8-3)15-12(19)9-17-11(5)13(18(20)21)10(4)16-17/h1H,7-9H2,2-5H3,(H,15,19). The Bertz CT molecular complexity index is 594. The van der Waals surface area contributed by atoms with Crippen LogP contribution >= 0.6 is 0 Å². The van der Waals surface area contributed by atoms with E-state index in [4.69, 9.17) is 6.42 Å². The highest BCUT2D eigenvalue weighted by Crippen LogP contribution is 2.21. The summed E-state index contributed by atoms with van der Waals surface area (Å²) >= 11 is 0. The number of rotatable bonds is 6. The highest BCUT2D eigenvalue weighted by Gasteiger charge is 2.27. The molecule has 114 valence electrons. The molecule has 0 bridgehead atoms. The summed E-state index contributed by atoms with van der Waals surface area (Å²) in [5.41, 5.74) is -0.0949. The minimum Gasteiger partial charge on any atom is -0.338 e. The highest BCUT2D eigenvalue weighted by molar-refractivity contribution is 5.77. The Labute approximate surface area is 123 Å². The summed E-state index contributed by atoms with van der Waals surface area (Å²) < 4.78 is 1.33. The van der Waals surface area contributed by atoms with Gasteiger partial charge in [-0.15, -0.1) is 6.42 Å². The van der Waals surface area contributed by atoms with Crippen molar-refractivity contribution >= 4 is 11.6 Å². The van der Waals surface area contributed by atoms with Crippen LogP contribution in [0.15, 0.2) is 0 Å². The molecule has 21 heavy (non-hydrogen) atoms. The number of nitro groups is 1. The van der Waals surface area contributed by atoms with Crippen molar-refractivity contribution in [2.75, 3.05) is 0 Å². The summed E-state index contributed by atoms with van der Waals surface area (Å²) in [4.78, 5) is 22.6. The lowest BCUT2D eigenvalue weighted by Crippen LogP contribution is -2.47. The molecule has 0 unspecified atom stereocenters. The molecule has 0 saturated heterocycles. The molecule has 0 saturated carbocycles. The molecular formula is C14H20N4O3. The van der Waals surface area contributed by atoms with Crippen molar-refractivity contribution in [3.8, 4) is 12.3 Å². The van der Waals surface area contributed by atoms with Crippen LogP contribution in [0, 0.1) is 36.3 Å². The number of aromatic nitrogens is 2. The van der Waals surface area contributed by atoms with Gasteiger partial charge in [0.2, 0.25) is 5.91 Å². The second-order valence-electron chi connectivity index (χ2n) is 4.92. The third-order valence-electron chi connectivity index (χ3n) is 3.68. The van der Waals surface area contributed by atoms with Crippen molar-refractivity contribution in [3.05, 3.63) is 21.5 Å². The normalized spacial score (nSPS) is 11.0. The molecule has 0 aliphatic rings. The Morgan fingerprint density at radius 1 is 1.48 bits per heavy atom. The molecule has 0 atom stereocenters. The number of aryl methyl sites for hydroxylation is 1. The van der Waals surface area contributed by atoms with E-state index < -0.39 is 10.5 Å². The molecule has 1 aromatic rings. The van der Waals surface area contributed by atoms with Crippen molar-refractivity contribution in [1.29, 1.82) is 0 Å². The fraction of sp³-hybridized carbons (Fsp3) is 0.571. The summed E-state index contributed by atoms with van der Waals surface area (Å²) in [6.45, 7) is 6.82. The van der Waals surface area contributed by atoms with Gasteiger partial charge in [-0.1, -0.05) is 19.8 Å². The van der Waals surface area contributed by atoms with Gasteiger partial charge < -0.3 is 5.32 Å². The molecule has 0 fully saturated rings. The summed E-state index contributed by atoms with van der Waals surface area (Å²) in [7, 11) is 0. The van der Waals surface area contributed by atoms with Gasteiger partial charge in [-0.3, -0.25) is 19.6 Å². The van der Waals surface area contributed by atoms with Gasteiger partial charge in [0.15, 0.2) is 0 Å². The Hall–Kier alpha value is -2.36. The summed E-state index contributed by atoms with van der Waals surface area (Å²) in [6.07, 6.45) is 6.72. The molecule has 7 nitrogen and oxygen atoms in total. The predicted octanol–water partition coefficient (Wildman–Crippen LogP) is 1.72.